The van der Waals surface area contributed by atoms with Crippen LogP contribution in [0, 0.1) is 0 Å². The molecule has 0 fully saturated rings. The Morgan fingerprint density at radius 3 is 2.86 bits per heavy atom. The van der Waals surface area contributed by atoms with Gasteiger partial charge in [0.1, 0.15) is 6.33 Å². The van der Waals surface area contributed by atoms with Crippen LogP contribution in [0.5, 0.6) is 0 Å². The summed E-state index contributed by atoms with van der Waals surface area (Å²) < 4.78 is 1.40. The van der Waals surface area contributed by atoms with Crippen LogP contribution in [0.25, 0.3) is 5.69 Å². The third-order valence-electron chi connectivity index (χ3n) is 1.65. The van der Waals surface area contributed by atoms with Gasteiger partial charge in [0.05, 0.1) is 5.69 Å². The first kappa shape index (κ1) is 8.36. The largest absolute Gasteiger partial charge is 0.327 e. The fourth-order valence-electron chi connectivity index (χ4n) is 0.999. The molecule has 6 nitrogen and oxygen atoms in total. The minimum atomic E-state index is -0.190. The van der Waals surface area contributed by atoms with E-state index in [1.54, 1.807) is 6.07 Å². The summed E-state index contributed by atoms with van der Waals surface area (Å²) in [4.78, 5) is 27.3. The first-order chi connectivity index (χ1) is 6.79. The predicted octanol–water partition coefficient (Wildman–Crippen LogP) is -0.232. The minimum absolute atomic E-state index is 0.108. The van der Waals surface area contributed by atoms with E-state index in [1.807, 2.05) is 0 Å². The van der Waals surface area contributed by atoms with Gasteiger partial charge in [-0.25, -0.2) is 9.67 Å². The van der Waals surface area contributed by atoms with Crippen LogP contribution in [0.15, 0.2) is 29.5 Å². The average Bonchev–Trinajstić information content (AvgIpc) is 2.67. The molecule has 70 valence electrons. The molecule has 2 aromatic rings. The highest BCUT2D eigenvalue weighted by Crippen LogP contribution is 2.00. The number of aromatic nitrogens is 4. The molecule has 1 N–H and O–H groups in total. The lowest BCUT2D eigenvalue weighted by molar-refractivity contribution is 0.111. The number of carbonyl (C=O) groups is 1. The first-order valence-corrected chi connectivity index (χ1v) is 3.85. The number of carbonyl (C=O) groups excluding carboxylic acids is 1. The van der Waals surface area contributed by atoms with E-state index < -0.39 is 0 Å². The zero-order valence-corrected chi connectivity index (χ0v) is 7.04. The summed E-state index contributed by atoms with van der Waals surface area (Å²) in [7, 11) is 0. The Morgan fingerprint density at radius 2 is 2.29 bits per heavy atom. The number of hydrogen-bond acceptors (Lipinski definition) is 4. The van der Waals surface area contributed by atoms with Crippen LogP contribution in [0.2, 0.25) is 0 Å². The second-order valence-corrected chi connectivity index (χ2v) is 2.58. The van der Waals surface area contributed by atoms with Gasteiger partial charge in [-0.3, -0.25) is 9.59 Å². The number of pyridine rings is 1. The molecule has 0 amide bonds. The Labute approximate surface area is 78.2 Å². The fourth-order valence-corrected chi connectivity index (χ4v) is 0.999. The Morgan fingerprint density at radius 1 is 1.43 bits per heavy atom. The second-order valence-electron chi connectivity index (χ2n) is 2.58. The molecule has 0 aromatic carbocycles. The summed E-state index contributed by atoms with van der Waals surface area (Å²) in [6.07, 6.45) is 3.45. The molecular weight excluding hydrogens is 184 g/mol. The highest BCUT2D eigenvalue weighted by Gasteiger charge is 2.00. The molecule has 0 atom stereocenters. The van der Waals surface area contributed by atoms with Crippen molar-refractivity contribution < 1.29 is 4.79 Å². The topological polar surface area (TPSA) is 80.6 Å². The number of nitrogens with one attached hydrogen (secondary N) is 1. The number of hydrogen-bond donors (Lipinski definition) is 1. The maximum atomic E-state index is 10.8. The number of aromatic amines is 1. The number of nitrogens with zero attached hydrogens (tertiary/aromatic N) is 3. The van der Waals surface area contributed by atoms with Crippen LogP contribution in [0.1, 0.15) is 10.6 Å². The van der Waals surface area contributed by atoms with Gasteiger partial charge < -0.3 is 4.98 Å². The second kappa shape index (κ2) is 3.25. The zero-order valence-electron chi connectivity index (χ0n) is 7.04. The van der Waals surface area contributed by atoms with E-state index in [1.165, 1.54) is 23.3 Å². The van der Waals surface area contributed by atoms with Crippen LogP contribution < -0.4 is 5.56 Å². The summed E-state index contributed by atoms with van der Waals surface area (Å²) in [6, 6.07) is 2.96. The quantitative estimate of drug-likeness (QED) is 0.663. The lowest BCUT2D eigenvalue weighted by atomic mass is 10.4. The van der Waals surface area contributed by atoms with Crippen molar-refractivity contribution in [3.8, 4) is 5.69 Å². The smallest absolute Gasteiger partial charge is 0.248 e. The SMILES string of the molecule is O=Cc1ncn(-c2ccc(=O)[nH]c2)n1. The van der Waals surface area contributed by atoms with E-state index in [0.717, 1.165) is 0 Å². The molecule has 2 heterocycles. The molecule has 0 aliphatic carbocycles. The Hall–Kier alpha value is -2.24. The third-order valence-corrected chi connectivity index (χ3v) is 1.65. The van der Waals surface area contributed by atoms with Crippen molar-refractivity contribution in [2.75, 3.05) is 0 Å². The number of H-pyrrole nitrogens is 1. The van der Waals surface area contributed by atoms with Crippen LogP contribution >= 0.6 is 0 Å². The standard InChI is InChI=1S/C8H6N4O2/c13-4-7-10-5-12(11-7)6-1-2-8(14)9-3-6/h1-5H,(H,9,14). The maximum Gasteiger partial charge on any atom is 0.248 e. The molecule has 0 aliphatic rings. The van der Waals surface area contributed by atoms with Gasteiger partial charge in [-0.15, -0.1) is 5.10 Å². The summed E-state index contributed by atoms with van der Waals surface area (Å²) in [5.41, 5.74) is 0.453. The van der Waals surface area contributed by atoms with Crippen LogP contribution in [0.4, 0.5) is 0 Å². The van der Waals surface area contributed by atoms with E-state index in [0.29, 0.717) is 12.0 Å². The van der Waals surface area contributed by atoms with E-state index in [9.17, 15) is 9.59 Å². The van der Waals surface area contributed by atoms with Gasteiger partial charge in [0, 0.05) is 12.3 Å². The van der Waals surface area contributed by atoms with Gasteiger partial charge in [-0.05, 0) is 6.07 Å². The molecule has 2 aromatic heterocycles. The lowest BCUT2D eigenvalue weighted by Gasteiger charge is -1.96. The third kappa shape index (κ3) is 1.45. The number of rotatable bonds is 2. The molecule has 0 aliphatic heterocycles. The van der Waals surface area contributed by atoms with Crippen molar-refractivity contribution in [1.29, 1.82) is 0 Å². The molecule has 0 radical (unpaired) electrons. The monoisotopic (exact) mass is 190 g/mol. The van der Waals surface area contributed by atoms with E-state index in [-0.39, 0.29) is 11.4 Å². The van der Waals surface area contributed by atoms with Crippen molar-refractivity contribution in [2.45, 2.75) is 0 Å². The normalized spacial score (nSPS) is 10.0. The van der Waals surface area contributed by atoms with Crippen LogP contribution in [-0.4, -0.2) is 26.0 Å². The molecule has 0 spiro atoms. The van der Waals surface area contributed by atoms with Gasteiger partial charge in [-0.1, -0.05) is 0 Å². The maximum absolute atomic E-state index is 10.8. The highest BCUT2D eigenvalue weighted by molar-refractivity contribution is 5.68. The molecule has 0 saturated carbocycles. The predicted molar refractivity (Wildman–Crippen MR) is 47.4 cm³/mol. The average molecular weight is 190 g/mol. The summed E-state index contributed by atoms with van der Waals surface area (Å²) in [5.74, 6) is 0.108. The van der Waals surface area contributed by atoms with Gasteiger partial charge in [-0.2, -0.15) is 0 Å². The number of aldehydes is 1. The van der Waals surface area contributed by atoms with Crippen molar-refractivity contribution in [2.24, 2.45) is 0 Å². The molecule has 14 heavy (non-hydrogen) atoms. The molecule has 0 bridgehead atoms. The molecule has 0 unspecified atom stereocenters. The van der Waals surface area contributed by atoms with E-state index in [2.05, 4.69) is 15.1 Å². The van der Waals surface area contributed by atoms with Gasteiger partial charge >= 0.3 is 0 Å². The Bertz CT molecular complexity index is 494. The lowest BCUT2D eigenvalue weighted by Crippen LogP contribution is -2.05. The highest BCUT2D eigenvalue weighted by atomic mass is 16.1. The van der Waals surface area contributed by atoms with E-state index >= 15 is 0 Å². The molecular formula is C8H6N4O2. The Balaban J connectivity index is 2.44. The Kier molecular flexibility index (Phi) is 1.94. The zero-order chi connectivity index (χ0) is 9.97. The van der Waals surface area contributed by atoms with Gasteiger partial charge in [0.25, 0.3) is 0 Å². The van der Waals surface area contributed by atoms with Crippen molar-refractivity contribution in [1.82, 2.24) is 19.7 Å². The molecule has 0 saturated heterocycles. The minimum Gasteiger partial charge on any atom is -0.327 e. The van der Waals surface area contributed by atoms with Crippen molar-refractivity contribution in [3.05, 3.63) is 40.8 Å². The first-order valence-electron chi connectivity index (χ1n) is 3.85. The summed E-state index contributed by atoms with van der Waals surface area (Å²) >= 11 is 0. The van der Waals surface area contributed by atoms with Crippen LogP contribution in [0.3, 0.4) is 0 Å². The van der Waals surface area contributed by atoms with Crippen LogP contribution in [-0.2, 0) is 0 Å². The summed E-state index contributed by atoms with van der Waals surface area (Å²) in [5, 5.41) is 3.84. The van der Waals surface area contributed by atoms with E-state index in [4.69, 9.17) is 0 Å². The fraction of sp³-hybridized carbons (Fsp3) is 0. The molecule has 6 heteroatoms. The van der Waals surface area contributed by atoms with Crippen molar-refractivity contribution in [3.63, 3.8) is 0 Å². The molecule has 2 rings (SSSR count). The summed E-state index contributed by atoms with van der Waals surface area (Å²) in [6.45, 7) is 0. The van der Waals surface area contributed by atoms with Gasteiger partial charge in [0.15, 0.2) is 6.29 Å². The van der Waals surface area contributed by atoms with Gasteiger partial charge in [0.2, 0.25) is 11.4 Å². The van der Waals surface area contributed by atoms with Crippen molar-refractivity contribution >= 4 is 6.29 Å².